The first-order valence-electron chi connectivity index (χ1n) is 8.63. The third kappa shape index (κ3) is 3.96. The lowest BCUT2D eigenvalue weighted by Gasteiger charge is -2.29. The summed E-state index contributed by atoms with van der Waals surface area (Å²) in [6.45, 7) is 0.899. The Bertz CT molecular complexity index is 713. The van der Waals surface area contributed by atoms with Crippen molar-refractivity contribution in [3.63, 3.8) is 0 Å². The number of nitrogens with zero attached hydrogens (tertiary/aromatic N) is 2. The Labute approximate surface area is 152 Å². The summed E-state index contributed by atoms with van der Waals surface area (Å²) in [5.41, 5.74) is 0.859. The molecule has 0 aromatic heterocycles. The van der Waals surface area contributed by atoms with E-state index >= 15 is 0 Å². The minimum atomic E-state index is -0.320. The van der Waals surface area contributed by atoms with Crippen molar-refractivity contribution in [2.24, 2.45) is 0 Å². The van der Waals surface area contributed by atoms with E-state index in [0.29, 0.717) is 23.5 Å². The number of nitrogens with one attached hydrogen (secondary N) is 1. The molecule has 26 heavy (non-hydrogen) atoms. The summed E-state index contributed by atoms with van der Waals surface area (Å²) in [6.07, 6.45) is 1.96. The summed E-state index contributed by atoms with van der Waals surface area (Å²) < 4.78 is 10.9. The van der Waals surface area contributed by atoms with Gasteiger partial charge in [0.25, 0.3) is 11.8 Å². The number of carbonyl (C=O) groups excluding carboxylic acids is 3. The van der Waals surface area contributed by atoms with Crippen LogP contribution < -0.4 is 15.0 Å². The Kier molecular flexibility index (Phi) is 5.41. The second-order valence-electron chi connectivity index (χ2n) is 6.59. The highest BCUT2D eigenvalue weighted by Gasteiger charge is 2.29. The molecule has 2 aliphatic rings. The van der Waals surface area contributed by atoms with Crippen LogP contribution in [0.1, 0.15) is 23.2 Å². The normalized spacial score (nSPS) is 18.9. The van der Waals surface area contributed by atoms with Gasteiger partial charge in [-0.1, -0.05) is 0 Å². The van der Waals surface area contributed by atoms with Gasteiger partial charge in [-0.15, -0.1) is 0 Å². The fraction of sp³-hybridized carbons (Fsp3) is 0.500. The van der Waals surface area contributed by atoms with Gasteiger partial charge in [0, 0.05) is 32.8 Å². The van der Waals surface area contributed by atoms with Crippen LogP contribution in [-0.4, -0.2) is 69.1 Å². The van der Waals surface area contributed by atoms with Gasteiger partial charge >= 0.3 is 0 Å². The zero-order chi connectivity index (χ0) is 18.7. The van der Waals surface area contributed by atoms with E-state index in [1.165, 1.54) is 9.80 Å². The maximum Gasteiger partial charge on any atom is 0.265 e. The van der Waals surface area contributed by atoms with Crippen LogP contribution in [0.15, 0.2) is 18.2 Å². The maximum atomic E-state index is 12.3. The lowest BCUT2D eigenvalue weighted by Crippen LogP contribution is -2.46. The van der Waals surface area contributed by atoms with Crippen LogP contribution in [0.5, 0.6) is 5.75 Å². The first kappa shape index (κ1) is 18.2. The van der Waals surface area contributed by atoms with Gasteiger partial charge in [-0.25, -0.2) is 0 Å². The second kappa shape index (κ2) is 7.74. The van der Waals surface area contributed by atoms with Crippen LogP contribution >= 0.6 is 0 Å². The van der Waals surface area contributed by atoms with Gasteiger partial charge in [-0.05, 0) is 31.0 Å². The molecular weight excluding hydrogens is 338 g/mol. The topological polar surface area (TPSA) is 88.2 Å². The summed E-state index contributed by atoms with van der Waals surface area (Å²) in [5, 5.41) is 2.81. The Morgan fingerprint density at radius 1 is 1.35 bits per heavy atom. The van der Waals surface area contributed by atoms with E-state index in [9.17, 15) is 14.4 Å². The van der Waals surface area contributed by atoms with Crippen molar-refractivity contribution in [2.75, 3.05) is 45.3 Å². The number of anilines is 1. The van der Waals surface area contributed by atoms with Crippen LogP contribution in [0.4, 0.5) is 5.69 Å². The Balaban J connectivity index is 1.72. The highest BCUT2D eigenvalue weighted by Crippen LogP contribution is 2.33. The van der Waals surface area contributed by atoms with Crippen LogP contribution in [0, 0.1) is 0 Å². The molecule has 1 aromatic carbocycles. The van der Waals surface area contributed by atoms with Gasteiger partial charge in [-0.2, -0.15) is 0 Å². The van der Waals surface area contributed by atoms with Crippen molar-refractivity contribution >= 4 is 23.4 Å². The second-order valence-corrected chi connectivity index (χ2v) is 6.59. The van der Waals surface area contributed by atoms with Gasteiger partial charge in [-0.3, -0.25) is 19.3 Å². The summed E-state index contributed by atoms with van der Waals surface area (Å²) in [7, 11) is 3.31. The molecule has 0 saturated carbocycles. The number of ether oxygens (including phenoxy) is 2. The third-order valence-corrected chi connectivity index (χ3v) is 4.41. The fourth-order valence-corrected chi connectivity index (χ4v) is 3.00. The molecule has 0 unspecified atom stereocenters. The monoisotopic (exact) mass is 361 g/mol. The molecule has 1 atom stereocenters. The van der Waals surface area contributed by atoms with Crippen molar-refractivity contribution in [3.05, 3.63) is 23.8 Å². The smallest absolute Gasteiger partial charge is 0.265 e. The average molecular weight is 361 g/mol. The van der Waals surface area contributed by atoms with Gasteiger partial charge in [0.2, 0.25) is 5.91 Å². The van der Waals surface area contributed by atoms with E-state index < -0.39 is 0 Å². The van der Waals surface area contributed by atoms with E-state index in [4.69, 9.17) is 9.47 Å². The lowest BCUT2D eigenvalue weighted by molar-refractivity contribution is -0.125. The summed E-state index contributed by atoms with van der Waals surface area (Å²) in [4.78, 5) is 39.5. The molecule has 1 N–H and O–H groups in total. The Hall–Kier alpha value is -2.61. The first-order chi connectivity index (χ1) is 12.5. The molecule has 1 aromatic rings. The minimum Gasteiger partial charge on any atom is -0.482 e. The van der Waals surface area contributed by atoms with E-state index in [1.807, 2.05) is 0 Å². The quantitative estimate of drug-likeness (QED) is 0.821. The van der Waals surface area contributed by atoms with Crippen molar-refractivity contribution in [2.45, 2.75) is 18.9 Å². The van der Waals surface area contributed by atoms with Gasteiger partial charge in [0.1, 0.15) is 12.3 Å². The molecule has 140 valence electrons. The zero-order valence-electron chi connectivity index (χ0n) is 15.0. The van der Waals surface area contributed by atoms with E-state index in [-0.39, 0.29) is 37.0 Å². The first-order valence-corrected chi connectivity index (χ1v) is 8.63. The van der Waals surface area contributed by atoms with Gasteiger partial charge in [0.05, 0.1) is 11.8 Å². The van der Waals surface area contributed by atoms with Gasteiger partial charge < -0.3 is 19.7 Å². The molecule has 1 saturated heterocycles. The molecule has 8 heteroatoms. The SMILES string of the molecule is CN(C)C(=O)c1ccc2c(c1)N(CC(=O)NC[C@H]1CCCO1)C(=O)CO2. The predicted octanol–water partition coefficient (Wildman–Crippen LogP) is 0.409. The summed E-state index contributed by atoms with van der Waals surface area (Å²) in [6, 6.07) is 4.88. The number of fused-ring (bicyclic) bond motifs is 1. The molecule has 1 fully saturated rings. The van der Waals surface area contributed by atoms with E-state index in [2.05, 4.69) is 5.32 Å². The van der Waals surface area contributed by atoms with Crippen LogP contribution in [0.25, 0.3) is 0 Å². The molecule has 8 nitrogen and oxygen atoms in total. The molecule has 0 bridgehead atoms. The molecule has 0 spiro atoms. The predicted molar refractivity (Wildman–Crippen MR) is 94.3 cm³/mol. The van der Waals surface area contributed by atoms with Crippen LogP contribution in [0.2, 0.25) is 0 Å². The average Bonchev–Trinajstić information content (AvgIpc) is 3.15. The summed E-state index contributed by atoms with van der Waals surface area (Å²) in [5.74, 6) is -0.300. The van der Waals surface area contributed by atoms with E-state index in [1.54, 1.807) is 32.3 Å². The molecule has 3 rings (SSSR count). The number of carbonyl (C=O) groups is 3. The Morgan fingerprint density at radius 3 is 2.85 bits per heavy atom. The standard InChI is InChI=1S/C18H23N3O5/c1-20(2)18(24)12-5-6-15-14(8-12)21(17(23)11-26-15)10-16(22)19-9-13-4-3-7-25-13/h5-6,8,13H,3-4,7,9-11H2,1-2H3,(H,19,22)/t13-/m1/s1. The number of benzene rings is 1. The van der Waals surface area contributed by atoms with Crippen LogP contribution in [-0.2, 0) is 14.3 Å². The van der Waals surface area contributed by atoms with Crippen molar-refractivity contribution in [1.82, 2.24) is 10.2 Å². The zero-order valence-corrected chi connectivity index (χ0v) is 15.0. The lowest BCUT2D eigenvalue weighted by atomic mass is 10.1. The molecule has 2 heterocycles. The third-order valence-electron chi connectivity index (χ3n) is 4.41. The maximum absolute atomic E-state index is 12.3. The van der Waals surface area contributed by atoms with Gasteiger partial charge in [0.15, 0.2) is 6.61 Å². The number of hydrogen-bond donors (Lipinski definition) is 1. The van der Waals surface area contributed by atoms with E-state index in [0.717, 1.165) is 19.4 Å². The highest BCUT2D eigenvalue weighted by atomic mass is 16.5. The van der Waals surface area contributed by atoms with Crippen molar-refractivity contribution in [1.29, 1.82) is 0 Å². The highest BCUT2D eigenvalue weighted by molar-refractivity contribution is 6.04. The molecule has 2 aliphatic heterocycles. The Morgan fingerprint density at radius 2 is 2.15 bits per heavy atom. The molecule has 3 amide bonds. The number of hydrogen-bond acceptors (Lipinski definition) is 5. The molecule has 0 radical (unpaired) electrons. The fourth-order valence-electron chi connectivity index (χ4n) is 3.00. The largest absolute Gasteiger partial charge is 0.482 e. The van der Waals surface area contributed by atoms with Crippen molar-refractivity contribution in [3.8, 4) is 5.75 Å². The summed E-state index contributed by atoms with van der Waals surface area (Å²) >= 11 is 0. The van der Waals surface area contributed by atoms with Crippen LogP contribution in [0.3, 0.4) is 0 Å². The minimum absolute atomic E-state index is 0.0379. The van der Waals surface area contributed by atoms with Crippen molar-refractivity contribution < 1.29 is 23.9 Å². The molecule has 0 aliphatic carbocycles. The molecular formula is C18H23N3O5. The number of amides is 3. The number of rotatable bonds is 5.